The first-order valence-electron chi connectivity index (χ1n) is 14.6. The van der Waals surface area contributed by atoms with Crippen molar-refractivity contribution in [1.29, 1.82) is 0 Å². The number of benzene rings is 3. The SMILES string of the molecule is C=C1C2C(CCc3ccc(-c4ccccc4)cc3-c3cccc[n+]31)c1ccccc1-c1cccc(CC(C)C)[n+]12. The molecule has 0 radical (unpaired) electrons. The Morgan fingerprint density at radius 2 is 1.52 bits per heavy atom. The van der Waals surface area contributed by atoms with Gasteiger partial charge in [-0.1, -0.05) is 74.5 Å². The smallest absolute Gasteiger partial charge is 0.182 e. The maximum absolute atomic E-state index is 4.87. The normalized spacial score (nSPS) is 17.4. The summed E-state index contributed by atoms with van der Waals surface area (Å²) in [5, 5.41) is 0. The highest BCUT2D eigenvalue weighted by Crippen LogP contribution is 2.45. The fourth-order valence-corrected chi connectivity index (χ4v) is 7.01. The highest BCUT2D eigenvalue weighted by atomic mass is 15.1. The summed E-state index contributed by atoms with van der Waals surface area (Å²) in [6.45, 7) is 9.50. The van der Waals surface area contributed by atoms with Crippen LogP contribution in [-0.4, -0.2) is 0 Å². The van der Waals surface area contributed by atoms with E-state index in [1.165, 1.54) is 50.5 Å². The lowest BCUT2D eigenvalue weighted by Gasteiger charge is -2.30. The second-order valence-electron chi connectivity index (χ2n) is 11.7. The van der Waals surface area contributed by atoms with Crippen LogP contribution in [0, 0.1) is 5.92 Å². The number of pyridine rings is 2. The van der Waals surface area contributed by atoms with Crippen molar-refractivity contribution in [2.75, 3.05) is 0 Å². The standard InChI is InChI=1S/C38H36N2/c1-26(2)24-31-14-11-18-37-33-16-8-7-15-32(33)34-22-21-29-19-20-30(28-12-5-4-6-13-28)25-35(29)36-17-9-10-23-39(36)27(3)38(34)40(31)37/h4-20,23,25-26,34,38H,3,21-22,24H2,1-2H3/q+2. The van der Waals surface area contributed by atoms with Crippen LogP contribution in [-0.2, 0) is 12.8 Å². The molecule has 0 saturated carbocycles. The van der Waals surface area contributed by atoms with E-state index in [0.29, 0.717) is 11.8 Å². The Labute approximate surface area is 237 Å². The van der Waals surface area contributed by atoms with E-state index in [1.807, 2.05) is 0 Å². The van der Waals surface area contributed by atoms with E-state index < -0.39 is 0 Å². The van der Waals surface area contributed by atoms with Crippen molar-refractivity contribution < 1.29 is 9.13 Å². The zero-order chi connectivity index (χ0) is 27.2. The fraction of sp³-hybridized carbons (Fsp3) is 0.211. The molecule has 2 aromatic heterocycles. The molecular formula is C38H36N2+2. The predicted octanol–water partition coefficient (Wildman–Crippen LogP) is 8.22. The molecule has 196 valence electrons. The van der Waals surface area contributed by atoms with E-state index in [2.05, 4.69) is 138 Å². The van der Waals surface area contributed by atoms with Gasteiger partial charge < -0.3 is 0 Å². The number of fused-ring (bicyclic) bond motifs is 9. The van der Waals surface area contributed by atoms with Crippen LogP contribution in [0.5, 0.6) is 0 Å². The lowest BCUT2D eigenvalue weighted by Crippen LogP contribution is -2.55. The minimum Gasteiger partial charge on any atom is -0.182 e. The number of hydrogen-bond acceptors (Lipinski definition) is 0. The van der Waals surface area contributed by atoms with Crippen molar-refractivity contribution >= 4 is 5.70 Å². The van der Waals surface area contributed by atoms with Gasteiger partial charge in [-0.25, -0.2) is 0 Å². The molecule has 0 spiro atoms. The minimum atomic E-state index is 0.133. The van der Waals surface area contributed by atoms with Gasteiger partial charge in [-0.15, -0.1) is 0 Å². The highest BCUT2D eigenvalue weighted by Gasteiger charge is 2.47. The van der Waals surface area contributed by atoms with E-state index in [0.717, 1.165) is 25.0 Å². The van der Waals surface area contributed by atoms with Gasteiger partial charge in [0.2, 0.25) is 23.1 Å². The first-order valence-corrected chi connectivity index (χ1v) is 14.6. The zero-order valence-electron chi connectivity index (χ0n) is 23.4. The molecule has 0 bridgehead atoms. The molecule has 2 heteroatoms. The average Bonchev–Trinajstić information content (AvgIpc) is 3.04. The largest absolute Gasteiger partial charge is 0.249 e. The molecule has 2 aliphatic rings. The van der Waals surface area contributed by atoms with Gasteiger partial charge >= 0.3 is 0 Å². The van der Waals surface area contributed by atoms with Crippen molar-refractivity contribution in [1.82, 2.24) is 0 Å². The molecule has 2 nitrogen and oxygen atoms in total. The molecule has 0 amide bonds. The third kappa shape index (κ3) is 4.10. The van der Waals surface area contributed by atoms with E-state index in [1.54, 1.807) is 0 Å². The molecule has 5 aromatic rings. The summed E-state index contributed by atoms with van der Waals surface area (Å²) in [6, 6.07) is 40.4. The van der Waals surface area contributed by atoms with Crippen molar-refractivity contribution in [2.24, 2.45) is 5.92 Å². The number of aromatic nitrogens is 2. The summed E-state index contributed by atoms with van der Waals surface area (Å²) in [4.78, 5) is 0. The Morgan fingerprint density at radius 1 is 0.750 bits per heavy atom. The van der Waals surface area contributed by atoms with Gasteiger partial charge in [0.1, 0.15) is 0 Å². The summed E-state index contributed by atoms with van der Waals surface area (Å²) >= 11 is 0. The lowest BCUT2D eigenvalue weighted by atomic mass is 9.78. The first kappa shape index (κ1) is 24.7. The van der Waals surface area contributed by atoms with Crippen molar-refractivity contribution in [3.05, 3.63) is 139 Å². The quantitative estimate of drug-likeness (QED) is 0.212. The zero-order valence-corrected chi connectivity index (χ0v) is 23.4. The molecular weight excluding hydrogens is 484 g/mol. The predicted molar refractivity (Wildman–Crippen MR) is 164 cm³/mol. The topological polar surface area (TPSA) is 7.76 Å². The van der Waals surface area contributed by atoms with Crippen LogP contribution in [0.15, 0.2) is 122 Å². The van der Waals surface area contributed by atoms with E-state index in [4.69, 9.17) is 6.58 Å². The Bertz CT molecular complexity index is 1730. The monoisotopic (exact) mass is 520 g/mol. The molecule has 3 aromatic carbocycles. The summed E-state index contributed by atoms with van der Waals surface area (Å²) in [5.74, 6) is 0.898. The second-order valence-corrected chi connectivity index (χ2v) is 11.7. The maximum atomic E-state index is 4.87. The van der Waals surface area contributed by atoms with Gasteiger partial charge in [-0.05, 0) is 71.9 Å². The third-order valence-corrected chi connectivity index (χ3v) is 8.75. The number of aryl methyl sites for hydroxylation is 1. The Morgan fingerprint density at radius 3 is 2.38 bits per heavy atom. The van der Waals surface area contributed by atoms with Crippen LogP contribution in [0.4, 0.5) is 0 Å². The average molecular weight is 521 g/mol. The van der Waals surface area contributed by atoms with E-state index >= 15 is 0 Å². The van der Waals surface area contributed by atoms with Crippen LogP contribution in [0.2, 0.25) is 0 Å². The fourth-order valence-electron chi connectivity index (χ4n) is 7.01. The third-order valence-electron chi connectivity index (χ3n) is 8.75. The van der Waals surface area contributed by atoms with Crippen LogP contribution in [0.3, 0.4) is 0 Å². The van der Waals surface area contributed by atoms with Gasteiger partial charge in [0, 0.05) is 36.2 Å². The second kappa shape index (κ2) is 10.0. The van der Waals surface area contributed by atoms with Gasteiger partial charge in [-0.3, -0.25) is 0 Å². The summed E-state index contributed by atoms with van der Waals surface area (Å²) < 4.78 is 5.00. The van der Waals surface area contributed by atoms with E-state index in [-0.39, 0.29) is 6.04 Å². The molecule has 0 fully saturated rings. The summed E-state index contributed by atoms with van der Waals surface area (Å²) in [7, 11) is 0. The molecule has 0 saturated heterocycles. The first-order chi connectivity index (χ1) is 19.6. The van der Waals surface area contributed by atoms with Crippen LogP contribution in [0.25, 0.3) is 39.3 Å². The lowest BCUT2D eigenvalue weighted by molar-refractivity contribution is -0.733. The summed E-state index contributed by atoms with van der Waals surface area (Å²) in [5.41, 5.74) is 13.0. The number of rotatable bonds is 3. The van der Waals surface area contributed by atoms with E-state index in [9.17, 15) is 0 Å². The highest BCUT2D eigenvalue weighted by molar-refractivity contribution is 5.74. The molecule has 2 unspecified atom stereocenters. The Hall–Kier alpha value is -4.30. The molecule has 4 heterocycles. The molecule has 0 N–H and O–H groups in total. The van der Waals surface area contributed by atoms with Crippen LogP contribution >= 0.6 is 0 Å². The molecule has 40 heavy (non-hydrogen) atoms. The van der Waals surface area contributed by atoms with Crippen LogP contribution in [0.1, 0.15) is 49.0 Å². The molecule has 7 rings (SSSR count). The number of nitrogens with zero attached hydrogens (tertiary/aromatic N) is 2. The molecule has 0 aliphatic carbocycles. The minimum absolute atomic E-state index is 0.133. The Kier molecular flexibility index (Phi) is 6.20. The van der Waals surface area contributed by atoms with Gasteiger partial charge in [-0.2, -0.15) is 9.13 Å². The Balaban J connectivity index is 1.47. The van der Waals surface area contributed by atoms with Crippen LogP contribution < -0.4 is 9.13 Å². The van der Waals surface area contributed by atoms with Gasteiger partial charge in [0.05, 0.1) is 11.5 Å². The van der Waals surface area contributed by atoms with Gasteiger partial charge in [0.15, 0.2) is 11.9 Å². The van der Waals surface area contributed by atoms with Crippen molar-refractivity contribution in [2.45, 2.75) is 45.1 Å². The van der Waals surface area contributed by atoms with Gasteiger partial charge in [0.25, 0.3) is 0 Å². The maximum Gasteiger partial charge on any atom is 0.249 e. The molecule has 2 atom stereocenters. The number of hydrogen-bond donors (Lipinski definition) is 0. The van der Waals surface area contributed by atoms with Crippen molar-refractivity contribution in [3.63, 3.8) is 0 Å². The molecule has 2 aliphatic heterocycles. The number of allylic oxidation sites excluding steroid dienone is 1. The van der Waals surface area contributed by atoms with Crippen molar-refractivity contribution in [3.8, 4) is 33.6 Å². The summed E-state index contributed by atoms with van der Waals surface area (Å²) in [6.07, 6.45) is 5.34.